The maximum absolute atomic E-state index is 11.7. The van der Waals surface area contributed by atoms with E-state index in [1.54, 1.807) is 0 Å². The van der Waals surface area contributed by atoms with Gasteiger partial charge in [-0.3, -0.25) is 0 Å². The molecule has 18 heavy (non-hydrogen) atoms. The summed E-state index contributed by atoms with van der Waals surface area (Å²) in [5, 5.41) is 3.65. The van der Waals surface area contributed by atoms with Crippen molar-refractivity contribution in [1.29, 1.82) is 0 Å². The summed E-state index contributed by atoms with van der Waals surface area (Å²) in [5.41, 5.74) is 4.97. The maximum Gasteiger partial charge on any atom is 0.428 e. The molecule has 0 aliphatic rings. The van der Waals surface area contributed by atoms with E-state index in [9.17, 15) is 9.59 Å². The quantitative estimate of drug-likeness (QED) is 0.750. The molecule has 0 unspecified atom stereocenters. The molecular formula is C12H17N3O3. The highest BCUT2D eigenvalue weighted by molar-refractivity contribution is 5.91. The van der Waals surface area contributed by atoms with E-state index in [2.05, 4.69) is 15.5 Å². The standard InChI is InChI=1S/C12H17N3O3/c1-8-6-5-7-9(2)10(8)13-11(16)14-15(3)12(17)18-4/h5-7H,1-4H3,(H2,13,14,16). The third-order valence-electron chi connectivity index (χ3n) is 2.44. The van der Waals surface area contributed by atoms with Gasteiger partial charge in [-0.2, -0.15) is 0 Å². The molecule has 0 aromatic heterocycles. The number of urea groups is 1. The maximum atomic E-state index is 11.7. The molecule has 0 spiro atoms. The predicted molar refractivity (Wildman–Crippen MR) is 68.2 cm³/mol. The summed E-state index contributed by atoms with van der Waals surface area (Å²) in [7, 11) is 2.64. The van der Waals surface area contributed by atoms with Crippen LogP contribution in [0.4, 0.5) is 15.3 Å². The smallest absolute Gasteiger partial charge is 0.428 e. The molecule has 0 saturated carbocycles. The summed E-state index contributed by atoms with van der Waals surface area (Å²) < 4.78 is 4.46. The fourth-order valence-electron chi connectivity index (χ4n) is 1.49. The van der Waals surface area contributed by atoms with Crippen molar-refractivity contribution in [1.82, 2.24) is 10.4 Å². The Morgan fingerprint density at radius 1 is 1.22 bits per heavy atom. The molecule has 0 bridgehead atoms. The molecule has 0 heterocycles. The van der Waals surface area contributed by atoms with Crippen molar-refractivity contribution in [2.45, 2.75) is 13.8 Å². The molecule has 1 aromatic carbocycles. The van der Waals surface area contributed by atoms with Crippen molar-refractivity contribution in [3.63, 3.8) is 0 Å². The number of anilines is 1. The van der Waals surface area contributed by atoms with E-state index in [0.29, 0.717) is 0 Å². The number of methoxy groups -OCH3 is 1. The third kappa shape index (κ3) is 3.38. The van der Waals surface area contributed by atoms with E-state index < -0.39 is 12.1 Å². The van der Waals surface area contributed by atoms with Crippen LogP contribution in [-0.2, 0) is 4.74 Å². The minimum atomic E-state index is -0.647. The van der Waals surface area contributed by atoms with Crippen LogP contribution in [0, 0.1) is 13.8 Å². The average molecular weight is 251 g/mol. The molecule has 2 N–H and O–H groups in total. The molecule has 0 atom stereocenters. The van der Waals surface area contributed by atoms with E-state index in [1.807, 2.05) is 32.0 Å². The molecule has 1 rings (SSSR count). The van der Waals surface area contributed by atoms with Crippen molar-refractivity contribution in [2.24, 2.45) is 0 Å². The van der Waals surface area contributed by atoms with Crippen LogP contribution < -0.4 is 10.7 Å². The lowest BCUT2D eigenvalue weighted by molar-refractivity contribution is 0.119. The van der Waals surface area contributed by atoms with Gasteiger partial charge in [0, 0.05) is 12.7 Å². The molecule has 3 amide bonds. The molecular weight excluding hydrogens is 234 g/mol. The zero-order valence-electron chi connectivity index (χ0n) is 10.9. The van der Waals surface area contributed by atoms with Gasteiger partial charge in [-0.1, -0.05) is 18.2 Å². The SMILES string of the molecule is COC(=O)N(C)NC(=O)Nc1c(C)cccc1C. The van der Waals surface area contributed by atoms with Crippen molar-refractivity contribution in [3.8, 4) is 0 Å². The molecule has 6 nitrogen and oxygen atoms in total. The Balaban J connectivity index is 2.68. The topological polar surface area (TPSA) is 70.7 Å². The Hall–Kier alpha value is -2.24. The Bertz CT molecular complexity index is 440. The summed E-state index contributed by atoms with van der Waals surface area (Å²) in [6, 6.07) is 5.20. The summed E-state index contributed by atoms with van der Waals surface area (Å²) >= 11 is 0. The molecule has 1 aromatic rings. The summed E-state index contributed by atoms with van der Waals surface area (Å²) in [6.45, 7) is 3.79. The van der Waals surface area contributed by atoms with Gasteiger partial charge >= 0.3 is 12.1 Å². The number of amides is 3. The number of nitrogens with one attached hydrogen (secondary N) is 2. The normalized spacial score (nSPS) is 9.56. The Labute approximate surface area is 106 Å². The predicted octanol–water partition coefficient (Wildman–Crippen LogP) is 2.04. The van der Waals surface area contributed by atoms with E-state index in [1.165, 1.54) is 14.2 Å². The molecule has 6 heteroatoms. The van der Waals surface area contributed by atoms with Crippen LogP contribution in [0.2, 0.25) is 0 Å². The van der Waals surface area contributed by atoms with Crippen molar-refractivity contribution < 1.29 is 14.3 Å². The van der Waals surface area contributed by atoms with E-state index in [4.69, 9.17) is 0 Å². The first kappa shape index (κ1) is 13.8. The van der Waals surface area contributed by atoms with Crippen LogP contribution in [0.3, 0.4) is 0 Å². The van der Waals surface area contributed by atoms with Crippen molar-refractivity contribution >= 4 is 17.8 Å². The number of aryl methyl sites for hydroxylation is 2. The summed E-state index contributed by atoms with van der Waals surface area (Å²) in [5.74, 6) is 0. The van der Waals surface area contributed by atoms with E-state index in [0.717, 1.165) is 21.8 Å². The number of hydrazine groups is 1. The Morgan fingerprint density at radius 3 is 2.28 bits per heavy atom. The highest BCUT2D eigenvalue weighted by atomic mass is 16.5. The van der Waals surface area contributed by atoms with Crippen LogP contribution in [0.5, 0.6) is 0 Å². The summed E-state index contributed by atoms with van der Waals surface area (Å²) in [4.78, 5) is 22.8. The second kappa shape index (κ2) is 5.90. The highest BCUT2D eigenvalue weighted by Crippen LogP contribution is 2.18. The minimum Gasteiger partial charge on any atom is -0.452 e. The first-order chi connectivity index (χ1) is 8.45. The van der Waals surface area contributed by atoms with Gasteiger partial charge < -0.3 is 10.1 Å². The minimum absolute atomic E-state index is 0.500. The third-order valence-corrected chi connectivity index (χ3v) is 2.44. The van der Waals surface area contributed by atoms with Gasteiger partial charge in [0.2, 0.25) is 0 Å². The molecule has 0 aliphatic heterocycles. The first-order valence-electron chi connectivity index (χ1n) is 5.41. The molecule has 0 aliphatic carbocycles. The van der Waals surface area contributed by atoms with Crippen LogP contribution in [0.1, 0.15) is 11.1 Å². The molecule has 0 saturated heterocycles. The number of carbonyl (C=O) groups excluding carboxylic acids is 2. The van der Waals surface area contributed by atoms with Gasteiger partial charge in [-0.15, -0.1) is 0 Å². The average Bonchev–Trinajstić information content (AvgIpc) is 2.32. The lowest BCUT2D eigenvalue weighted by Crippen LogP contribution is -2.45. The lowest BCUT2D eigenvalue weighted by Gasteiger charge is -2.18. The number of hydrogen-bond donors (Lipinski definition) is 2. The van der Waals surface area contributed by atoms with Crippen LogP contribution in [-0.4, -0.2) is 31.3 Å². The fraction of sp³-hybridized carbons (Fsp3) is 0.333. The molecule has 0 fully saturated rings. The lowest BCUT2D eigenvalue weighted by atomic mass is 10.1. The number of ether oxygens (including phenoxy) is 1. The number of hydrogen-bond acceptors (Lipinski definition) is 3. The first-order valence-corrected chi connectivity index (χ1v) is 5.41. The molecule has 0 radical (unpaired) electrons. The Morgan fingerprint density at radius 2 is 1.78 bits per heavy atom. The van der Waals surface area contributed by atoms with Gasteiger partial charge in [-0.25, -0.2) is 20.0 Å². The van der Waals surface area contributed by atoms with Gasteiger partial charge in [0.15, 0.2) is 0 Å². The number of para-hydroxylation sites is 1. The van der Waals surface area contributed by atoms with Gasteiger partial charge in [0.1, 0.15) is 0 Å². The zero-order chi connectivity index (χ0) is 13.7. The fourth-order valence-corrected chi connectivity index (χ4v) is 1.49. The number of carbonyl (C=O) groups is 2. The monoisotopic (exact) mass is 251 g/mol. The van der Waals surface area contributed by atoms with Crippen molar-refractivity contribution in [3.05, 3.63) is 29.3 Å². The largest absolute Gasteiger partial charge is 0.452 e. The van der Waals surface area contributed by atoms with Gasteiger partial charge in [-0.05, 0) is 25.0 Å². The highest BCUT2D eigenvalue weighted by Gasteiger charge is 2.12. The second-order valence-electron chi connectivity index (χ2n) is 3.86. The summed E-state index contributed by atoms with van der Waals surface area (Å²) in [6.07, 6.45) is -0.647. The number of benzene rings is 1. The van der Waals surface area contributed by atoms with E-state index in [-0.39, 0.29) is 0 Å². The van der Waals surface area contributed by atoms with Crippen LogP contribution in [0.25, 0.3) is 0 Å². The van der Waals surface area contributed by atoms with Crippen LogP contribution in [0.15, 0.2) is 18.2 Å². The molecule has 98 valence electrons. The van der Waals surface area contributed by atoms with Crippen LogP contribution >= 0.6 is 0 Å². The van der Waals surface area contributed by atoms with Gasteiger partial charge in [0.05, 0.1) is 7.11 Å². The number of rotatable bonds is 1. The van der Waals surface area contributed by atoms with Crippen molar-refractivity contribution in [2.75, 3.05) is 19.5 Å². The Kier molecular flexibility index (Phi) is 4.53. The second-order valence-corrected chi connectivity index (χ2v) is 3.86. The van der Waals surface area contributed by atoms with Gasteiger partial charge in [0.25, 0.3) is 0 Å². The zero-order valence-corrected chi connectivity index (χ0v) is 10.9. The van der Waals surface area contributed by atoms with E-state index >= 15 is 0 Å². The number of nitrogens with zero attached hydrogens (tertiary/aromatic N) is 1.